The zero-order chi connectivity index (χ0) is 13.0. The molecule has 0 radical (unpaired) electrons. The SMILES string of the molecule is CC(C)CN1CCN(c2ccncc2CCl)CC1. The highest BCUT2D eigenvalue weighted by atomic mass is 35.5. The Morgan fingerprint density at radius 3 is 2.61 bits per heavy atom. The molecule has 0 amide bonds. The van der Waals surface area contributed by atoms with Gasteiger partial charge in [-0.25, -0.2) is 0 Å². The van der Waals surface area contributed by atoms with Crippen molar-refractivity contribution in [3.8, 4) is 0 Å². The van der Waals surface area contributed by atoms with Crippen molar-refractivity contribution in [2.75, 3.05) is 37.6 Å². The summed E-state index contributed by atoms with van der Waals surface area (Å²) in [6.07, 6.45) is 3.73. The molecule has 0 unspecified atom stereocenters. The average Bonchev–Trinajstić information content (AvgIpc) is 2.39. The molecule has 1 saturated heterocycles. The van der Waals surface area contributed by atoms with Gasteiger partial charge in [-0.15, -0.1) is 11.6 Å². The third-order valence-electron chi connectivity index (χ3n) is 3.36. The molecule has 1 aromatic rings. The molecular formula is C14H22ClN3. The molecule has 100 valence electrons. The molecule has 0 aliphatic carbocycles. The maximum Gasteiger partial charge on any atom is 0.0509 e. The summed E-state index contributed by atoms with van der Waals surface area (Å²) in [4.78, 5) is 9.11. The van der Waals surface area contributed by atoms with Gasteiger partial charge in [-0.3, -0.25) is 9.88 Å². The molecule has 0 N–H and O–H groups in total. The highest BCUT2D eigenvalue weighted by Gasteiger charge is 2.19. The predicted molar refractivity (Wildman–Crippen MR) is 77.3 cm³/mol. The quantitative estimate of drug-likeness (QED) is 0.782. The van der Waals surface area contributed by atoms with Crippen molar-refractivity contribution in [2.24, 2.45) is 5.92 Å². The fourth-order valence-electron chi connectivity index (χ4n) is 2.52. The number of nitrogens with zero attached hydrogens (tertiary/aromatic N) is 3. The summed E-state index contributed by atoms with van der Waals surface area (Å²) in [6.45, 7) is 10.2. The normalized spacial score (nSPS) is 17.4. The van der Waals surface area contributed by atoms with Crippen molar-refractivity contribution in [3.63, 3.8) is 0 Å². The number of halogens is 1. The van der Waals surface area contributed by atoms with Crippen LogP contribution in [0.1, 0.15) is 19.4 Å². The lowest BCUT2D eigenvalue weighted by Crippen LogP contribution is -2.47. The van der Waals surface area contributed by atoms with Gasteiger partial charge in [-0.2, -0.15) is 0 Å². The van der Waals surface area contributed by atoms with Crippen LogP contribution in [-0.4, -0.2) is 42.6 Å². The number of pyridine rings is 1. The number of hydrogen-bond acceptors (Lipinski definition) is 3. The minimum absolute atomic E-state index is 0.537. The van der Waals surface area contributed by atoms with Crippen LogP contribution >= 0.6 is 11.6 Å². The number of piperazine rings is 1. The number of hydrogen-bond donors (Lipinski definition) is 0. The fourth-order valence-corrected chi connectivity index (χ4v) is 2.72. The summed E-state index contributed by atoms with van der Waals surface area (Å²) < 4.78 is 0. The smallest absolute Gasteiger partial charge is 0.0509 e. The first-order valence-electron chi connectivity index (χ1n) is 6.67. The Hall–Kier alpha value is -0.800. The molecular weight excluding hydrogens is 246 g/mol. The van der Waals surface area contributed by atoms with Gasteiger partial charge in [0.2, 0.25) is 0 Å². The zero-order valence-electron chi connectivity index (χ0n) is 11.3. The van der Waals surface area contributed by atoms with E-state index in [-0.39, 0.29) is 0 Å². The molecule has 18 heavy (non-hydrogen) atoms. The second kappa shape index (κ2) is 6.39. The topological polar surface area (TPSA) is 19.4 Å². The summed E-state index contributed by atoms with van der Waals surface area (Å²) in [5, 5.41) is 0. The summed E-state index contributed by atoms with van der Waals surface area (Å²) >= 11 is 5.97. The molecule has 1 aliphatic heterocycles. The van der Waals surface area contributed by atoms with E-state index < -0.39 is 0 Å². The van der Waals surface area contributed by atoms with Gasteiger partial charge in [0.15, 0.2) is 0 Å². The molecule has 1 aliphatic rings. The first-order valence-corrected chi connectivity index (χ1v) is 7.20. The van der Waals surface area contributed by atoms with Crippen molar-refractivity contribution in [1.29, 1.82) is 0 Å². The van der Waals surface area contributed by atoms with Crippen molar-refractivity contribution < 1.29 is 0 Å². The Morgan fingerprint density at radius 1 is 1.28 bits per heavy atom. The molecule has 1 aromatic heterocycles. The molecule has 0 bridgehead atoms. The van der Waals surface area contributed by atoms with E-state index in [9.17, 15) is 0 Å². The number of aromatic nitrogens is 1. The third kappa shape index (κ3) is 3.36. The minimum Gasteiger partial charge on any atom is -0.369 e. The average molecular weight is 268 g/mol. The summed E-state index contributed by atoms with van der Waals surface area (Å²) in [5.74, 6) is 1.28. The van der Waals surface area contributed by atoms with Gasteiger partial charge in [0.1, 0.15) is 0 Å². The van der Waals surface area contributed by atoms with E-state index in [1.54, 1.807) is 0 Å². The predicted octanol–water partition coefficient (Wildman–Crippen LogP) is 2.60. The van der Waals surface area contributed by atoms with Crippen molar-refractivity contribution in [2.45, 2.75) is 19.7 Å². The molecule has 0 aromatic carbocycles. The van der Waals surface area contributed by atoms with Crippen LogP contribution in [0.25, 0.3) is 0 Å². The lowest BCUT2D eigenvalue weighted by Gasteiger charge is -2.37. The van der Waals surface area contributed by atoms with E-state index in [1.165, 1.54) is 12.2 Å². The van der Waals surface area contributed by atoms with Crippen LogP contribution in [0.2, 0.25) is 0 Å². The molecule has 0 spiro atoms. The maximum atomic E-state index is 5.97. The van der Waals surface area contributed by atoms with Gasteiger partial charge in [-0.1, -0.05) is 13.8 Å². The first kappa shape index (κ1) is 13.6. The largest absolute Gasteiger partial charge is 0.369 e. The van der Waals surface area contributed by atoms with Crippen LogP contribution < -0.4 is 4.90 Å². The van der Waals surface area contributed by atoms with Crippen LogP contribution in [0.5, 0.6) is 0 Å². The number of alkyl halides is 1. The molecule has 2 rings (SSSR count). The van der Waals surface area contributed by atoms with E-state index in [0.29, 0.717) is 5.88 Å². The van der Waals surface area contributed by atoms with E-state index in [2.05, 4.69) is 34.7 Å². The van der Waals surface area contributed by atoms with Gasteiger partial charge in [-0.05, 0) is 12.0 Å². The molecule has 4 heteroatoms. The van der Waals surface area contributed by atoms with Gasteiger partial charge in [0.05, 0.1) is 5.88 Å². The van der Waals surface area contributed by atoms with Crippen molar-refractivity contribution in [3.05, 3.63) is 24.0 Å². The van der Waals surface area contributed by atoms with Crippen LogP contribution in [0.15, 0.2) is 18.5 Å². The Labute approximate surface area is 115 Å². The van der Waals surface area contributed by atoms with E-state index >= 15 is 0 Å². The third-order valence-corrected chi connectivity index (χ3v) is 3.65. The fraction of sp³-hybridized carbons (Fsp3) is 0.643. The Balaban J connectivity index is 1.97. The standard InChI is InChI=1S/C14H22ClN3/c1-12(2)11-17-5-7-18(8-6-17)14-3-4-16-10-13(14)9-15/h3-4,10,12H,5-9,11H2,1-2H3. The molecule has 1 fully saturated rings. The van der Waals surface area contributed by atoms with Crippen LogP contribution in [0.4, 0.5) is 5.69 Å². The summed E-state index contributed by atoms with van der Waals surface area (Å²) in [7, 11) is 0. The molecule has 3 nitrogen and oxygen atoms in total. The first-order chi connectivity index (χ1) is 8.70. The van der Waals surface area contributed by atoms with E-state index in [4.69, 9.17) is 11.6 Å². The van der Waals surface area contributed by atoms with Crippen LogP contribution in [0.3, 0.4) is 0 Å². The highest BCUT2D eigenvalue weighted by Crippen LogP contribution is 2.22. The Bertz CT molecular complexity index is 373. The lowest BCUT2D eigenvalue weighted by molar-refractivity contribution is 0.231. The summed E-state index contributed by atoms with van der Waals surface area (Å²) in [6, 6.07) is 2.08. The van der Waals surface area contributed by atoms with Gasteiger partial charge in [0.25, 0.3) is 0 Å². The molecule has 2 heterocycles. The van der Waals surface area contributed by atoms with Crippen molar-refractivity contribution in [1.82, 2.24) is 9.88 Å². The number of rotatable bonds is 4. The maximum absolute atomic E-state index is 5.97. The minimum atomic E-state index is 0.537. The monoisotopic (exact) mass is 267 g/mol. The second-order valence-corrected chi connectivity index (χ2v) is 5.59. The van der Waals surface area contributed by atoms with Crippen LogP contribution in [0, 0.1) is 5.92 Å². The highest BCUT2D eigenvalue weighted by molar-refractivity contribution is 6.17. The molecule has 0 saturated carbocycles. The zero-order valence-corrected chi connectivity index (χ0v) is 12.0. The number of anilines is 1. The van der Waals surface area contributed by atoms with Gasteiger partial charge in [0, 0.05) is 56.4 Å². The molecule has 0 atom stereocenters. The second-order valence-electron chi connectivity index (χ2n) is 5.32. The van der Waals surface area contributed by atoms with Crippen molar-refractivity contribution >= 4 is 17.3 Å². The Morgan fingerprint density at radius 2 is 2.00 bits per heavy atom. The summed E-state index contributed by atoms with van der Waals surface area (Å²) in [5.41, 5.74) is 2.39. The van der Waals surface area contributed by atoms with E-state index in [1.807, 2.05) is 12.4 Å². The van der Waals surface area contributed by atoms with Gasteiger partial charge >= 0.3 is 0 Å². The van der Waals surface area contributed by atoms with E-state index in [0.717, 1.165) is 37.7 Å². The Kier molecular flexibility index (Phi) is 4.84. The lowest BCUT2D eigenvalue weighted by atomic mass is 10.1. The van der Waals surface area contributed by atoms with Gasteiger partial charge < -0.3 is 4.90 Å². The van der Waals surface area contributed by atoms with Crippen LogP contribution in [-0.2, 0) is 5.88 Å².